The molecule has 0 bridgehead atoms. The monoisotopic (exact) mass is 390 g/mol. The van der Waals surface area contributed by atoms with Gasteiger partial charge in [-0.3, -0.25) is 9.59 Å². The molecule has 8 heteroatoms. The molecule has 0 saturated heterocycles. The normalized spacial score (nSPS) is 10.7. The van der Waals surface area contributed by atoms with E-state index >= 15 is 0 Å². The van der Waals surface area contributed by atoms with Crippen LogP contribution >= 0.6 is 0 Å². The van der Waals surface area contributed by atoms with Gasteiger partial charge in [-0.25, -0.2) is 0 Å². The number of carbonyl (C=O) groups is 2. The maximum atomic E-state index is 12.3. The number of hydrogen-bond donors (Lipinski definition) is 2. The van der Waals surface area contributed by atoms with Crippen LogP contribution in [0.1, 0.15) is 15.9 Å². The molecular weight excluding hydrogens is 370 g/mol. The summed E-state index contributed by atoms with van der Waals surface area (Å²) in [5.74, 6) is -0.538. The molecule has 0 aliphatic heterocycles. The molecule has 0 aliphatic carbocycles. The van der Waals surface area contributed by atoms with Gasteiger partial charge in [0.25, 0.3) is 5.91 Å². The van der Waals surface area contributed by atoms with Gasteiger partial charge in [0.15, 0.2) is 11.5 Å². The average Bonchev–Trinajstić information content (AvgIpc) is 2.70. The number of ether oxygens (including phenoxy) is 2. The molecule has 0 aromatic heterocycles. The Hall–Kier alpha value is -3.42. The number of rotatable bonds is 9. The van der Waals surface area contributed by atoms with Crippen molar-refractivity contribution in [1.82, 2.24) is 10.6 Å². The van der Waals surface area contributed by atoms with E-state index < -0.39 is 6.61 Å². The molecule has 0 unspecified atom stereocenters. The molecule has 2 amide bonds. The van der Waals surface area contributed by atoms with Crippen LogP contribution in [0.5, 0.6) is 11.5 Å². The van der Waals surface area contributed by atoms with E-state index in [1.165, 1.54) is 37.5 Å². The zero-order valence-electron chi connectivity index (χ0n) is 15.2. The number of halogens is 2. The van der Waals surface area contributed by atoms with Gasteiger partial charge in [0.1, 0.15) is 0 Å². The molecule has 0 heterocycles. The predicted molar refractivity (Wildman–Crippen MR) is 100 cm³/mol. The van der Waals surface area contributed by atoms with Crippen molar-refractivity contribution >= 4 is 17.9 Å². The molecule has 2 aromatic rings. The number of amides is 2. The van der Waals surface area contributed by atoms with Gasteiger partial charge in [0, 0.05) is 24.7 Å². The molecule has 28 heavy (non-hydrogen) atoms. The molecule has 0 fully saturated rings. The number of benzene rings is 2. The van der Waals surface area contributed by atoms with Crippen molar-refractivity contribution in [3.63, 3.8) is 0 Å². The molecule has 6 nitrogen and oxygen atoms in total. The number of hydrogen-bond acceptors (Lipinski definition) is 4. The Morgan fingerprint density at radius 3 is 2.43 bits per heavy atom. The highest BCUT2D eigenvalue weighted by molar-refractivity contribution is 5.94. The second-order valence-corrected chi connectivity index (χ2v) is 5.54. The largest absolute Gasteiger partial charge is 0.493 e. The third kappa shape index (κ3) is 6.71. The second kappa shape index (κ2) is 10.7. The van der Waals surface area contributed by atoms with Crippen molar-refractivity contribution in [3.8, 4) is 11.5 Å². The summed E-state index contributed by atoms with van der Waals surface area (Å²) in [4.78, 5) is 23.7. The minimum absolute atomic E-state index is 0.0896. The lowest BCUT2D eigenvalue weighted by atomic mass is 10.2. The SMILES string of the molecule is COc1cc(/C=C/C(=O)NCCNC(=O)c2ccccc2)ccc1OC(F)F. The number of methoxy groups -OCH3 is 1. The van der Waals surface area contributed by atoms with Gasteiger partial charge in [0.2, 0.25) is 5.91 Å². The van der Waals surface area contributed by atoms with Gasteiger partial charge in [-0.05, 0) is 35.9 Å². The van der Waals surface area contributed by atoms with E-state index in [2.05, 4.69) is 15.4 Å². The highest BCUT2D eigenvalue weighted by Gasteiger charge is 2.10. The van der Waals surface area contributed by atoms with E-state index in [9.17, 15) is 18.4 Å². The highest BCUT2D eigenvalue weighted by Crippen LogP contribution is 2.29. The van der Waals surface area contributed by atoms with Crippen LogP contribution in [0.3, 0.4) is 0 Å². The minimum Gasteiger partial charge on any atom is -0.493 e. The summed E-state index contributed by atoms with van der Waals surface area (Å²) in [6.45, 7) is -2.42. The van der Waals surface area contributed by atoms with E-state index in [4.69, 9.17) is 4.74 Å². The Bertz CT molecular complexity index is 826. The van der Waals surface area contributed by atoms with Crippen LogP contribution in [0.15, 0.2) is 54.6 Å². The fraction of sp³-hybridized carbons (Fsp3) is 0.200. The smallest absolute Gasteiger partial charge is 0.387 e. The maximum absolute atomic E-state index is 12.3. The van der Waals surface area contributed by atoms with Gasteiger partial charge in [0.05, 0.1) is 7.11 Å². The molecule has 0 saturated carbocycles. The lowest BCUT2D eigenvalue weighted by Crippen LogP contribution is -2.33. The Balaban J connectivity index is 1.79. The first kappa shape index (κ1) is 20.9. The van der Waals surface area contributed by atoms with Crippen molar-refractivity contribution < 1.29 is 27.8 Å². The first-order valence-corrected chi connectivity index (χ1v) is 8.41. The zero-order chi connectivity index (χ0) is 20.4. The molecule has 0 aliphatic rings. The average molecular weight is 390 g/mol. The number of nitrogens with one attached hydrogen (secondary N) is 2. The standard InChI is InChI=1S/C20H20F2N2O4/c1-27-17-13-14(7-9-16(17)28-20(21)22)8-10-18(25)23-11-12-24-19(26)15-5-3-2-4-6-15/h2-10,13,20H,11-12H2,1H3,(H,23,25)(H,24,26)/b10-8+. The van der Waals surface area contributed by atoms with Crippen LogP contribution in [0.4, 0.5) is 8.78 Å². The van der Waals surface area contributed by atoms with Gasteiger partial charge in [-0.1, -0.05) is 24.3 Å². The summed E-state index contributed by atoms with van der Waals surface area (Å²) >= 11 is 0. The van der Waals surface area contributed by atoms with E-state index in [1.54, 1.807) is 24.3 Å². The van der Waals surface area contributed by atoms with E-state index in [1.807, 2.05) is 6.07 Å². The van der Waals surface area contributed by atoms with Gasteiger partial charge < -0.3 is 20.1 Å². The molecule has 0 radical (unpaired) electrons. The minimum atomic E-state index is -2.96. The lowest BCUT2D eigenvalue weighted by molar-refractivity contribution is -0.116. The molecule has 2 aromatic carbocycles. The van der Waals surface area contributed by atoms with Crippen molar-refractivity contribution in [2.24, 2.45) is 0 Å². The third-order valence-corrected chi connectivity index (χ3v) is 3.58. The van der Waals surface area contributed by atoms with Gasteiger partial charge >= 0.3 is 6.61 Å². The van der Waals surface area contributed by atoms with Gasteiger partial charge in [-0.15, -0.1) is 0 Å². The zero-order valence-corrected chi connectivity index (χ0v) is 15.2. The van der Waals surface area contributed by atoms with Crippen LogP contribution in [-0.2, 0) is 4.79 Å². The van der Waals surface area contributed by atoms with Crippen LogP contribution in [0.25, 0.3) is 6.08 Å². The summed E-state index contributed by atoms with van der Waals surface area (Å²) in [7, 11) is 1.33. The topological polar surface area (TPSA) is 76.7 Å². The summed E-state index contributed by atoms with van der Waals surface area (Å²) in [5.41, 5.74) is 1.12. The summed E-state index contributed by atoms with van der Waals surface area (Å²) in [6.07, 6.45) is 2.80. The first-order valence-electron chi connectivity index (χ1n) is 8.41. The van der Waals surface area contributed by atoms with Crippen LogP contribution < -0.4 is 20.1 Å². The maximum Gasteiger partial charge on any atom is 0.387 e. The van der Waals surface area contributed by atoms with Crippen molar-refractivity contribution in [2.45, 2.75) is 6.61 Å². The van der Waals surface area contributed by atoms with Crippen LogP contribution in [-0.4, -0.2) is 38.6 Å². The van der Waals surface area contributed by atoms with Crippen molar-refractivity contribution in [1.29, 1.82) is 0 Å². The molecule has 0 spiro atoms. The molecule has 2 rings (SSSR count). The Morgan fingerprint density at radius 2 is 1.75 bits per heavy atom. The second-order valence-electron chi connectivity index (χ2n) is 5.54. The lowest BCUT2D eigenvalue weighted by Gasteiger charge is -2.10. The van der Waals surface area contributed by atoms with Gasteiger partial charge in [-0.2, -0.15) is 8.78 Å². The highest BCUT2D eigenvalue weighted by atomic mass is 19.3. The summed E-state index contributed by atoms with van der Waals surface area (Å²) in [5, 5.41) is 5.33. The Kier molecular flexibility index (Phi) is 7.95. The van der Waals surface area contributed by atoms with E-state index in [-0.39, 0.29) is 36.4 Å². The van der Waals surface area contributed by atoms with E-state index in [0.29, 0.717) is 11.1 Å². The van der Waals surface area contributed by atoms with Crippen molar-refractivity contribution in [3.05, 3.63) is 65.7 Å². The summed E-state index contributed by atoms with van der Waals surface area (Å²) < 4.78 is 34.0. The molecule has 2 N–H and O–H groups in total. The van der Waals surface area contributed by atoms with Crippen LogP contribution in [0.2, 0.25) is 0 Å². The number of carbonyl (C=O) groups excluding carboxylic acids is 2. The molecular formula is C20H20F2N2O4. The Labute approximate surface area is 161 Å². The number of alkyl halides is 2. The Morgan fingerprint density at radius 1 is 1.04 bits per heavy atom. The van der Waals surface area contributed by atoms with E-state index in [0.717, 1.165) is 0 Å². The molecule has 148 valence electrons. The summed E-state index contributed by atoms with van der Waals surface area (Å²) in [6, 6.07) is 13.1. The molecule has 0 atom stereocenters. The predicted octanol–water partition coefficient (Wildman–Crippen LogP) is 2.86. The third-order valence-electron chi connectivity index (χ3n) is 3.58. The fourth-order valence-corrected chi connectivity index (χ4v) is 2.27. The fourth-order valence-electron chi connectivity index (χ4n) is 2.27. The first-order chi connectivity index (χ1) is 13.5. The quantitative estimate of drug-likeness (QED) is 0.510. The van der Waals surface area contributed by atoms with Crippen LogP contribution in [0, 0.1) is 0 Å². The van der Waals surface area contributed by atoms with Crippen molar-refractivity contribution in [2.75, 3.05) is 20.2 Å².